The number of unbranched alkanes of at least 4 members (excludes halogenated alkanes) is 2. The summed E-state index contributed by atoms with van der Waals surface area (Å²) in [5, 5.41) is 4.78. The Balaban J connectivity index is 2.03. The second-order valence-electron chi connectivity index (χ2n) is 9.01. The first-order valence-electron chi connectivity index (χ1n) is 11.3. The summed E-state index contributed by atoms with van der Waals surface area (Å²) in [6.07, 6.45) is 1.05. The van der Waals surface area contributed by atoms with Crippen molar-refractivity contribution < 1.29 is 22.7 Å². The molecule has 3 rings (SSSR count). The molecule has 0 radical (unpaired) electrons. The van der Waals surface area contributed by atoms with E-state index >= 15 is 0 Å². The molecule has 0 saturated heterocycles. The summed E-state index contributed by atoms with van der Waals surface area (Å²) in [5.41, 5.74) is -0.221. The van der Waals surface area contributed by atoms with Crippen molar-refractivity contribution in [2.24, 2.45) is 0 Å². The maximum absolute atomic E-state index is 13.9. The molecule has 0 bridgehead atoms. The highest BCUT2D eigenvalue weighted by molar-refractivity contribution is 7.14. The first-order valence-corrected chi connectivity index (χ1v) is 12.2. The summed E-state index contributed by atoms with van der Waals surface area (Å²) >= 11 is 1.15. The van der Waals surface area contributed by atoms with Crippen molar-refractivity contribution in [2.45, 2.75) is 58.7 Å². The number of thiazole rings is 1. The van der Waals surface area contributed by atoms with Gasteiger partial charge in [-0.3, -0.25) is 4.98 Å². The van der Waals surface area contributed by atoms with Crippen molar-refractivity contribution in [3.05, 3.63) is 53.7 Å². The Kier molecular flexibility index (Phi) is 8.37. The molecular formula is C25H29F3N4O2S. The lowest BCUT2D eigenvalue weighted by molar-refractivity contribution is -0.138. The number of nitrogens with zero attached hydrogens (tertiary/aromatic N) is 3. The van der Waals surface area contributed by atoms with Crippen LogP contribution < -0.4 is 15.0 Å². The van der Waals surface area contributed by atoms with Crippen LogP contribution in [0, 0.1) is 0 Å². The van der Waals surface area contributed by atoms with Gasteiger partial charge in [-0.15, -0.1) is 11.3 Å². The molecule has 0 fully saturated rings. The van der Waals surface area contributed by atoms with Gasteiger partial charge in [0.15, 0.2) is 5.13 Å². The van der Waals surface area contributed by atoms with Crippen LogP contribution in [0.3, 0.4) is 0 Å². The molecule has 0 aliphatic carbocycles. The smallest absolute Gasteiger partial charge is 0.420 e. The average Bonchev–Trinajstić information content (AvgIpc) is 3.26. The van der Waals surface area contributed by atoms with Crippen LogP contribution >= 0.6 is 11.3 Å². The predicted molar refractivity (Wildman–Crippen MR) is 132 cm³/mol. The van der Waals surface area contributed by atoms with Gasteiger partial charge in [0.25, 0.3) is 0 Å². The molecule has 0 unspecified atom stereocenters. The number of rotatable bonds is 8. The van der Waals surface area contributed by atoms with Crippen molar-refractivity contribution in [1.82, 2.24) is 15.3 Å². The molecule has 2 amide bonds. The fourth-order valence-electron chi connectivity index (χ4n) is 3.24. The zero-order valence-corrected chi connectivity index (χ0v) is 21.0. The third kappa shape index (κ3) is 7.17. The van der Waals surface area contributed by atoms with Crippen molar-refractivity contribution in [3.8, 4) is 17.0 Å². The Hall–Kier alpha value is -3.14. The molecule has 0 spiro atoms. The molecule has 0 aliphatic heterocycles. The van der Waals surface area contributed by atoms with Gasteiger partial charge in [0.1, 0.15) is 5.75 Å². The molecule has 35 heavy (non-hydrogen) atoms. The summed E-state index contributed by atoms with van der Waals surface area (Å²) < 4.78 is 47.3. The number of nitrogens with one attached hydrogen (secondary N) is 1. The van der Waals surface area contributed by atoms with Gasteiger partial charge in [0, 0.05) is 28.9 Å². The van der Waals surface area contributed by atoms with Crippen LogP contribution in [-0.2, 0) is 6.18 Å². The number of carbonyl (C=O) groups is 1. The summed E-state index contributed by atoms with van der Waals surface area (Å²) in [7, 11) is 0. The van der Waals surface area contributed by atoms with E-state index < -0.39 is 23.3 Å². The molecular weight excluding hydrogens is 477 g/mol. The summed E-state index contributed by atoms with van der Waals surface area (Å²) in [4.78, 5) is 23.0. The lowest BCUT2D eigenvalue weighted by atomic mass is 10.1. The SMILES string of the molecule is CCCCCOc1ccc(N(C(=O)NC(C)(C)C)c2nc(-c3cccnc3)cs2)cc1C(F)(F)F. The van der Waals surface area contributed by atoms with Crippen molar-refractivity contribution in [1.29, 1.82) is 0 Å². The molecule has 1 N–H and O–H groups in total. The fraction of sp³-hybridized carbons (Fsp3) is 0.400. The average molecular weight is 507 g/mol. The highest BCUT2D eigenvalue weighted by Gasteiger charge is 2.36. The molecule has 2 heterocycles. The quantitative estimate of drug-likeness (QED) is 0.323. The van der Waals surface area contributed by atoms with E-state index in [1.54, 1.807) is 44.6 Å². The summed E-state index contributed by atoms with van der Waals surface area (Å²) in [6.45, 7) is 7.57. The minimum absolute atomic E-state index is 0.0343. The second kappa shape index (κ2) is 11.1. The van der Waals surface area contributed by atoms with Gasteiger partial charge in [-0.05, 0) is 57.5 Å². The number of amides is 2. The van der Waals surface area contributed by atoms with E-state index in [4.69, 9.17) is 4.74 Å². The zero-order chi connectivity index (χ0) is 25.6. The van der Waals surface area contributed by atoms with Crippen LogP contribution in [0.25, 0.3) is 11.3 Å². The highest BCUT2D eigenvalue weighted by atomic mass is 32.1. The van der Waals surface area contributed by atoms with Gasteiger partial charge in [0.2, 0.25) is 0 Å². The Morgan fingerprint density at radius 3 is 2.57 bits per heavy atom. The molecule has 1 aromatic carbocycles. The van der Waals surface area contributed by atoms with E-state index in [0.29, 0.717) is 12.1 Å². The van der Waals surface area contributed by atoms with E-state index in [2.05, 4.69) is 15.3 Å². The first kappa shape index (κ1) is 26.5. The number of hydrogen-bond donors (Lipinski definition) is 1. The topological polar surface area (TPSA) is 67.3 Å². The van der Waals surface area contributed by atoms with Crippen LogP contribution in [0.15, 0.2) is 48.1 Å². The number of carbonyl (C=O) groups excluding carboxylic acids is 1. The Morgan fingerprint density at radius 1 is 1.17 bits per heavy atom. The predicted octanol–water partition coefficient (Wildman–Crippen LogP) is 7.44. The number of pyridine rings is 1. The van der Waals surface area contributed by atoms with Crippen LogP contribution in [-0.4, -0.2) is 28.1 Å². The first-order chi connectivity index (χ1) is 16.5. The summed E-state index contributed by atoms with van der Waals surface area (Å²) in [6, 6.07) is 6.62. The number of hydrogen-bond acceptors (Lipinski definition) is 5. The number of halogens is 3. The zero-order valence-electron chi connectivity index (χ0n) is 20.1. The van der Waals surface area contributed by atoms with Gasteiger partial charge < -0.3 is 10.1 Å². The molecule has 0 atom stereocenters. The Bertz CT molecular complexity index is 1130. The van der Waals surface area contributed by atoms with Crippen LogP contribution in [0.1, 0.15) is 52.5 Å². The van der Waals surface area contributed by atoms with Gasteiger partial charge in [-0.2, -0.15) is 13.2 Å². The van der Waals surface area contributed by atoms with Crippen LogP contribution in [0.5, 0.6) is 5.75 Å². The third-order valence-corrected chi connectivity index (χ3v) is 5.68. The fourth-order valence-corrected chi connectivity index (χ4v) is 4.09. The molecule has 3 aromatic rings. The normalized spacial score (nSPS) is 11.9. The molecule has 2 aromatic heterocycles. The van der Waals surface area contributed by atoms with Crippen molar-refractivity contribution >= 4 is 28.2 Å². The number of alkyl halides is 3. The third-order valence-electron chi connectivity index (χ3n) is 4.86. The molecule has 0 saturated carbocycles. The van der Waals surface area contributed by atoms with Gasteiger partial charge in [-0.25, -0.2) is 14.7 Å². The molecule has 10 heteroatoms. The number of ether oxygens (including phenoxy) is 1. The number of urea groups is 1. The van der Waals surface area contributed by atoms with Gasteiger partial charge >= 0.3 is 12.2 Å². The van der Waals surface area contributed by atoms with E-state index in [-0.39, 0.29) is 23.2 Å². The number of aromatic nitrogens is 2. The minimum Gasteiger partial charge on any atom is -0.493 e. The summed E-state index contributed by atoms with van der Waals surface area (Å²) in [5.74, 6) is -0.260. The standard InChI is InChI=1S/C25H29F3N4O2S/c1-5-6-7-13-34-21-11-10-18(14-19(21)25(26,27)28)32(22(33)31-24(2,3)4)23-30-20(16-35-23)17-9-8-12-29-15-17/h8-12,14-16H,5-7,13H2,1-4H3,(H,31,33). The van der Waals surface area contributed by atoms with E-state index in [1.165, 1.54) is 12.1 Å². The van der Waals surface area contributed by atoms with Crippen LogP contribution in [0.2, 0.25) is 0 Å². The number of benzene rings is 1. The van der Waals surface area contributed by atoms with E-state index in [9.17, 15) is 18.0 Å². The van der Waals surface area contributed by atoms with Crippen molar-refractivity contribution in [3.63, 3.8) is 0 Å². The highest BCUT2D eigenvalue weighted by Crippen LogP contribution is 2.41. The second-order valence-corrected chi connectivity index (χ2v) is 9.84. The Morgan fingerprint density at radius 2 is 1.94 bits per heavy atom. The van der Waals surface area contributed by atoms with E-state index in [1.807, 2.05) is 13.0 Å². The maximum atomic E-state index is 13.9. The maximum Gasteiger partial charge on any atom is 0.420 e. The number of anilines is 2. The lowest BCUT2D eigenvalue weighted by Crippen LogP contribution is -2.47. The molecule has 6 nitrogen and oxygen atoms in total. The van der Waals surface area contributed by atoms with Gasteiger partial charge in [0.05, 0.1) is 23.6 Å². The Labute approximate surface area is 207 Å². The lowest BCUT2D eigenvalue weighted by Gasteiger charge is -2.27. The van der Waals surface area contributed by atoms with Crippen molar-refractivity contribution in [2.75, 3.05) is 11.5 Å². The largest absolute Gasteiger partial charge is 0.493 e. The molecule has 0 aliphatic rings. The minimum atomic E-state index is -4.66. The molecule has 188 valence electrons. The van der Waals surface area contributed by atoms with Gasteiger partial charge in [-0.1, -0.05) is 19.8 Å². The van der Waals surface area contributed by atoms with Crippen LogP contribution in [0.4, 0.5) is 28.8 Å². The monoisotopic (exact) mass is 506 g/mol. The van der Waals surface area contributed by atoms with E-state index in [0.717, 1.165) is 40.7 Å².